The van der Waals surface area contributed by atoms with Gasteiger partial charge < -0.3 is 24.4 Å². The highest BCUT2D eigenvalue weighted by Crippen LogP contribution is 2.03. The lowest BCUT2D eigenvalue weighted by Crippen LogP contribution is -2.49. The van der Waals surface area contributed by atoms with Crippen LogP contribution in [0, 0.1) is 0 Å². The Morgan fingerprint density at radius 1 is 1.25 bits per heavy atom. The van der Waals surface area contributed by atoms with E-state index in [2.05, 4.69) is 5.32 Å². The van der Waals surface area contributed by atoms with Crippen molar-refractivity contribution in [1.82, 2.24) is 10.2 Å². The molecule has 1 rings (SSSR count). The second-order valence-corrected chi connectivity index (χ2v) is 4.74. The summed E-state index contributed by atoms with van der Waals surface area (Å²) in [6.45, 7) is 10.4. The molecule has 20 heavy (non-hydrogen) atoms. The summed E-state index contributed by atoms with van der Waals surface area (Å²) in [5.41, 5.74) is 0. The zero-order valence-electron chi connectivity index (χ0n) is 12.9. The average Bonchev–Trinajstić information content (AvgIpc) is 2.47. The van der Waals surface area contributed by atoms with Gasteiger partial charge in [-0.2, -0.15) is 0 Å². The van der Waals surface area contributed by atoms with Gasteiger partial charge >= 0.3 is 0 Å². The molecule has 1 atom stereocenters. The molecule has 118 valence electrons. The number of hydrogen-bond acceptors (Lipinski definition) is 5. The summed E-state index contributed by atoms with van der Waals surface area (Å²) < 4.78 is 16.2. The van der Waals surface area contributed by atoms with Crippen molar-refractivity contribution in [2.75, 3.05) is 46.1 Å². The number of hydrogen-bond donors (Lipinski definition) is 1. The van der Waals surface area contributed by atoms with Crippen LogP contribution in [0.15, 0.2) is 0 Å². The minimum Gasteiger partial charge on any atom is -0.378 e. The maximum Gasteiger partial charge on any atom is 0.239 e. The van der Waals surface area contributed by atoms with Crippen LogP contribution in [-0.4, -0.2) is 69.2 Å². The van der Waals surface area contributed by atoms with E-state index in [1.54, 1.807) is 0 Å². The van der Waals surface area contributed by atoms with Gasteiger partial charge in [0.25, 0.3) is 0 Å². The Balaban J connectivity index is 2.23. The van der Waals surface area contributed by atoms with Crippen molar-refractivity contribution in [3.8, 4) is 0 Å². The van der Waals surface area contributed by atoms with Gasteiger partial charge in [-0.25, -0.2) is 0 Å². The molecule has 1 unspecified atom stereocenters. The molecule has 1 amide bonds. The number of nitrogens with one attached hydrogen (secondary N) is 1. The molecule has 0 aromatic carbocycles. The summed E-state index contributed by atoms with van der Waals surface area (Å²) in [4.78, 5) is 14.0. The van der Waals surface area contributed by atoms with E-state index < -0.39 is 0 Å². The van der Waals surface area contributed by atoms with Crippen LogP contribution in [0.3, 0.4) is 0 Å². The van der Waals surface area contributed by atoms with Crippen molar-refractivity contribution in [2.45, 2.75) is 39.5 Å². The molecule has 0 radical (unpaired) electrons. The van der Waals surface area contributed by atoms with Gasteiger partial charge in [0.1, 0.15) is 0 Å². The molecular weight excluding hydrogens is 260 g/mol. The van der Waals surface area contributed by atoms with Gasteiger partial charge in [0.05, 0.1) is 19.3 Å². The van der Waals surface area contributed by atoms with Crippen molar-refractivity contribution in [2.24, 2.45) is 0 Å². The summed E-state index contributed by atoms with van der Waals surface area (Å²) >= 11 is 0. The molecule has 0 bridgehead atoms. The molecule has 0 aliphatic carbocycles. The number of ether oxygens (including phenoxy) is 3. The van der Waals surface area contributed by atoms with E-state index in [1.165, 1.54) is 0 Å². The summed E-state index contributed by atoms with van der Waals surface area (Å²) in [5.74, 6) is 0.137. The fourth-order valence-corrected chi connectivity index (χ4v) is 2.15. The van der Waals surface area contributed by atoms with Crippen molar-refractivity contribution in [3.63, 3.8) is 0 Å². The minimum atomic E-state index is -0.191. The van der Waals surface area contributed by atoms with Gasteiger partial charge in [-0.05, 0) is 20.8 Å². The maximum absolute atomic E-state index is 12.2. The molecule has 1 N–H and O–H groups in total. The minimum absolute atomic E-state index is 0.137. The standard InChI is InChI=1S/C14H28N2O4/c1-4-19-13(20-5-2)6-7-15-12(3)14(17)16-8-10-18-11-9-16/h12-13,15H,4-11H2,1-3H3. The molecule has 0 saturated carbocycles. The molecule has 1 heterocycles. The van der Waals surface area contributed by atoms with Gasteiger partial charge in [-0.3, -0.25) is 4.79 Å². The molecule has 6 nitrogen and oxygen atoms in total. The second-order valence-electron chi connectivity index (χ2n) is 4.74. The topological polar surface area (TPSA) is 60.0 Å². The Kier molecular flexibility index (Phi) is 8.77. The normalized spacial score (nSPS) is 17.5. The van der Waals surface area contributed by atoms with Gasteiger partial charge in [-0.15, -0.1) is 0 Å². The number of morpholine rings is 1. The van der Waals surface area contributed by atoms with Crippen molar-refractivity contribution in [3.05, 3.63) is 0 Å². The van der Waals surface area contributed by atoms with E-state index in [4.69, 9.17) is 14.2 Å². The van der Waals surface area contributed by atoms with Crippen molar-refractivity contribution in [1.29, 1.82) is 0 Å². The third-order valence-electron chi connectivity index (χ3n) is 3.23. The van der Waals surface area contributed by atoms with E-state index in [1.807, 2.05) is 25.7 Å². The molecule has 0 aromatic heterocycles. The van der Waals surface area contributed by atoms with Crippen molar-refractivity contribution < 1.29 is 19.0 Å². The Hall–Kier alpha value is -0.690. The fraction of sp³-hybridized carbons (Fsp3) is 0.929. The molecule has 0 spiro atoms. The highest BCUT2D eigenvalue weighted by molar-refractivity contribution is 5.81. The smallest absolute Gasteiger partial charge is 0.239 e. The van der Waals surface area contributed by atoms with Crippen LogP contribution in [0.2, 0.25) is 0 Å². The van der Waals surface area contributed by atoms with Crippen molar-refractivity contribution >= 4 is 5.91 Å². The Labute approximate surface area is 121 Å². The summed E-state index contributed by atoms with van der Waals surface area (Å²) in [7, 11) is 0. The number of nitrogens with zero attached hydrogens (tertiary/aromatic N) is 1. The lowest BCUT2D eigenvalue weighted by molar-refractivity contribution is -0.141. The number of carbonyl (C=O) groups excluding carboxylic acids is 1. The zero-order valence-corrected chi connectivity index (χ0v) is 12.9. The second kappa shape index (κ2) is 10.1. The maximum atomic E-state index is 12.2. The SMILES string of the molecule is CCOC(CCNC(C)C(=O)N1CCOCC1)OCC. The third kappa shape index (κ3) is 6.17. The molecule has 1 aliphatic heterocycles. The van der Waals surface area contributed by atoms with Gasteiger partial charge in [0.15, 0.2) is 6.29 Å². The summed E-state index contributed by atoms with van der Waals surface area (Å²) in [6, 6.07) is -0.183. The summed E-state index contributed by atoms with van der Waals surface area (Å²) in [5, 5.41) is 3.23. The monoisotopic (exact) mass is 288 g/mol. The Morgan fingerprint density at radius 2 is 1.85 bits per heavy atom. The molecule has 0 aromatic rings. The predicted octanol–water partition coefficient (Wildman–Crippen LogP) is 0.613. The first-order chi connectivity index (χ1) is 9.69. The van der Waals surface area contributed by atoms with Crippen LogP contribution in [0.1, 0.15) is 27.2 Å². The van der Waals surface area contributed by atoms with E-state index in [-0.39, 0.29) is 18.2 Å². The van der Waals surface area contributed by atoms with E-state index in [0.717, 1.165) is 6.42 Å². The predicted molar refractivity (Wildman–Crippen MR) is 76.5 cm³/mol. The van der Waals surface area contributed by atoms with Crippen LogP contribution in [0.4, 0.5) is 0 Å². The number of carbonyl (C=O) groups is 1. The molecular formula is C14H28N2O4. The summed E-state index contributed by atoms with van der Waals surface area (Å²) in [6.07, 6.45) is 0.547. The molecule has 6 heteroatoms. The largest absolute Gasteiger partial charge is 0.378 e. The zero-order chi connectivity index (χ0) is 14.8. The number of amides is 1. The quantitative estimate of drug-likeness (QED) is 0.630. The molecule has 1 fully saturated rings. The van der Waals surface area contributed by atoms with E-state index >= 15 is 0 Å². The molecule has 1 saturated heterocycles. The van der Waals surface area contributed by atoms with Crippen LogP contribution >= 0.6 is 0 Å². The Morgan fingerprint density at radius 3 is 2.40 bits per heavy atom. The lowest BCUT2D eigenvalue weighted by Gasteiger charge is -2.29. The molecule has 1 aliphatic rings. The number of rotatable bonds is 9. The first kappa shape index (κ1) is 17.4. The fourth-order valence-electron chi connectivity index (χ4n) is 2.15. The van der Waals surface area contributed by atoms with E-state index in [9.17, 15) is 4.79 Å². The first-order valence-electron chi connectivity index (χ1n) is 7.52. The van der Waals surface area contributed by atoms with Gasteiger partial charge in [-0.1, -0.05) is 0 Å². The van der Waals surface area contributed by atoms with Crippen LogP contribution < -0.4 is 5.32 Å². The Bertz CT molecular complexity index is 264. The third-order valence-corrected chi connectivity index (χ3v) is 3.23. The first-order valence-corrected chi connectivity index (χ1v) is 7.52. The lowest BCUT2D eigenvalue weighted by atomic mass is 10.2. The highest BCUT2D eigenvalue weighted by Gasteiger charge is 2.22. The van der Waals surface area contributed by atoms with Crippen LogP contribution in [-0.2, 0) is 19.0 Å². The van der Waals surface area contributed by atoms with Gasteiger partial charge in [0, 0.05) is 39.3 Å². The highest BCUT2D eigenvalue weighted by atomic mass is 16.7. The van der Waals surface area contributed by atoms with Gasteiger partial charge in [0.2, 0.25) is 5.91 Å². The van der Waals surface area contributed by atoms with Crippen LogP contribution in [0.25, 0.3) is 0 Å². The van der Waals surface area contributed by atoms with Crippen LogP contribution in [0.5, 0.6) is 0 Å². The average molecular weight is 288 g/mol. The van der Waals surface area contributed by atoms with E-state index in [0.29, 0.717) is 46.1 Å².